The van der Waals surface area contributed by atoms with Gasteiger partial charge in [0.15, 0.2) is 5.15 Å². The quantitative estimate of drug-likeness (QED) is 0.524. The van der Waals surface area contributed by atoms with Crippen molar-refractivity contribution in [3.8, 4) is 0 Å². The van der Waals surface area contributed by atoms with Gasteiger partial charge in [0.2, 0.25) is 0 Å². The molecular weight excluding hydrogens is 284 g/mol. The minimum Gasteiger partial charge on any atom is -0.392 e. The second-order valence-corrected chi connectivity index (χ2v) is 4.44. The molecule has 0 unspecified atom stereocenters. The molecule has 0 aliphatic carbocycles. The smallest absolute Gasteiger partial charge is 0.278 e. The Kier molecular flexibility index (Phi) is 3.99. The Labute approximate surface area is 118 Å². The van der Waals surface area contributed by atoms with E-state index in [0.29, 0.717) is 12.0 Å². The third-order valence-electron chi connectivity index (χ3n) is 2.83. The van der Waals surface area contributed by atoms with Gasteiger partial charge in [0, 0.05) is 18.2 Å². The summed E-state index contributed by atoms with van der Waals surface area (Å²) >= 11 is 5.63. The van der Waals surface area contributed by atoms with Gasteiger partial charge in [0.25, 0.3) is 11.2 Å². The van der Waals surface area contributed by atoms with E-state index in [1.54, 1.807) is 18.2 Å². The SMILES string of the molecule is Nc1c(Cl)ncn(CCc2ccccc2[N+](=O)[O-])c1=O. The van der Waals surface area contributed by atoms with Crippen LogP contribution in [0.5, 0.6) is 0 Å². The highest BCUT2D eigenvalue weighted by atomic mass is 35.5. The molecule has 0 atom stereocenters. The number of rotatable bonds is 4. The Morgan fingerprint density at radius 3 is 2.80 bits per heavy atom. The van der Waals surface area contributed by atoms with Crippen LogP contribution in [0.2, 0.25) is 5.15 Å². The van der Waals surface area contributed by atoms with Gasteiger partial charge in [-0.05, 0) is 6.42 Å². The lowest BCUT2D eigenvalue weighted by molar-refractivity contribution is -0.385. The number of aromatic nitrogens is 2. The van der Waals surface area contributed by atoms with E-state index in [0.717, 1.165) is 0 Å². The van der Waals surface area contributed by atoms with Gasteiger partial charge in [-0.3, -0.25) is 19.5 Å². The van der Waals surface area contributed by atoms with Crippen LogP contribution in [-0.4, -0.2) is 14.5 Å². The molecular formula is C12H11ClN4O3. The number of nitrogens with two attached hydrogens (primary N) is 1. The minimum atomic E-state index is -0.455. The Balaban J connectivity index is 2.24. The first-order valence-corrected chi connectivity index (χ1v) is 6.11. The Morgan fingerprint density at radius 1 is 1.40 bits per heavy atom. The normalized spacial score (nSPS) is 10.4. The molecule has 0 amide bonds. The van der Waals surface area contributed by atoms with Gasteiger partial charge in [0.05, 0.1) is 11.3 Å². The molecule has 1 aromatic carbocycles. The maximum atomic E-state index is 11.8. The van der Waals surface area contributed by atoms with E-state index in [-0.39, 0.29) is 23.1 Å². The number of nitrogen functional groups attached to an aromatic ring is 1. The van der Waals surface area contributed by atoms with E-state index < -0.39 is 10.5 Å². The van der Waals surface area contributed by atoms with E-state index in [4.69, 9.17) is 17.3 Å². The summed E-state index contributed by atoms with van der Waals surface area (Å²) in [5, 5.41) is 10.8. The van der Waals surface area contributed by atoms with Gasteiger partial charge in [-0.2, -0.15) is 0 Å². The van der Waals surface area contributed by atoms with Gasteiger partial charge >= 0.3 is 0 Å². The molecule has 8 heteroatoms. The number of halogens is 1. The zero-order valence-electron chi connectivity index (χ0n) is 10.3. The molecule has 0 fully saturated rings. The number of anilines is 1. The van der Waals surface area contributed by atoms with Crippen LogP contribution in [0, 0.1) is 10.1 Å². The molecule has 0 radical (unpaired) electrons. The summed E-state index contributed by atoms with van der Waals surface area (Å²) in [5.41, 5.74) is 5.47. The summed E-state index contributed by atoms with van der Waals surface area (Å²) in [6, 6.07) is 6.37. The van der Waals surface area contributed by atoms with Crippen molar-refractivity contribution in [2.24, 2.45) is 0 Å². The first kappa shape index (κ1) is 14.0. The number of hydrogen-bond donors (Lipinski definition) is 1. The van der Waals surface area contributed by atoms with Gasteiger partial charge in [-0.25, -0.2) is 4.98 Å². The van der Waals surface area contributed by atoms with Gasteiger partial charge in [-0.15, -0.1) is 0 Å². The van der Waals surface area contributed by atoms with Gasteiger partial charge in [-0.1, -0.05) is 29.8 Å². The Bertz CT molecular complexity index is 714. The number of nitro groups is 1. The highest BCUT2D eigenvalue weighted by molar-refractivity contribution is 6.31. The first-order valence-electron chi connectivity index (χ1n) is 5.73. The topological polar surface area (TPSA) is 104 Å². The third-order valence-corrected chi connectivity index (χ3v) is 3.14. The first-order chi connectivity index (χ1) is 9.50. The summed E-state index contributed by atoms with van der Waals surface area (Å²) in [7, 11) is 0. The molecule has 1 aromatic heterocycles. The second kappa shape index (κ2) is 5.70. The molecule has 20 heavy (non-hydrogen) atoms. The van der Waals surface area contributed by atoms with Crippen molar-refractivity contribution in [3.63, 3.8) is 0 Å². The average molecular weight is 295 g/mol. The molecule has 0 saturated heterocycles. The molecule has 0 saturated carbocycles. The fraction of sp³-hybridized carbons (Fsp3) is 0.167. The van der Waals surface area contributed by atoms with E-state index in [9.17, 15) is 14.9 Å². The van der Waals surface area contributed by atoms with E-state index >= 15 is 0 Å². The standard InChI is InChI=1S/C12H11ClN4O3/c13-11-10(14)12(18)16(7-15-11)6-5-8-3-1-2-4-9(8)17(19)20/h1-4,7H,5-6,14H2. The van der Waals surface area contributed by atoms with Crippen molar-refractivity contribution in [3.05, 3.63) is 61.8 Å². The molecule has 1 heterocycles. The van der Waals surface area contributed by atoms with Crippen molar-refractivity contribution in [2.75, 3.05) is 5.73 Å². The molecule has 2 aromatic rings. The fourth-order valence-corrected chi connectivity index (χ4v) is 1.91. The summed E-state index contributed by atoms with van der Waals surface area (Å²) < 4.78 is 1.28. The molecule has 2 rings (SSSR count). The van der Waals surface area contributed by atoms with Crippen molar-refractivity contribution in [1.82, 2.24) is 9.55 Å². The van der Waals surface area contributed by atoms with Crippen LogP contribution in [0.25, 0.3) is 0 Å². The highest BCUT2D eigenvalue weighted by Crippen LogP contribution is 2.18. The highest BCUT2D eigenvalue weighted by Gasteiger charge is 2.13. The number of aryl methyl sites for hydroxylation is 2. The average Bonchev–Trinajstić information content (AvgIpc) is 2.44. The molecule has 0 spiro atoms. The Morgan fingerprint density at radius 2 is 2.10 bits per heavy atom. The molecule has 104 valence electrons. The van der Waals surface area contributed by atoms with E-state index in [1.165, 1.54) is 17.0 Å². The minimum absolute atomic E-state index is 0.0236. The zero-order chi connectivity index (χ0) is 14.7. The number of hydrogen-bond acceptors (Lipinski definition) is 5. The Hall–Kier alpha value is -2.41. The molecule has 2 N–H and O–H groups in total. The van der Waals surface area contributed by atoms with Crippen LogP contribution in [-0.2, 0) is 13.0 Å². The van der Waals surface area contributed by atoms with Gasteiger partial charge < -0.3 is 5.73 Å². The maximum absolute atomic E-state index is 11.8. The van der Waals surface area contributed by atoms with Crippen LogP contribution in [0.15, 0.2) is 35.4 Å². The summed E-state index contributed by atoms with van der Waals surface area (Å²) in [6.45, 7) is 0.234. The zero-order valence-corrected chi connectivity index (χ0v) is 11.1. The lowest BCUT2D eigenvalue weighted by Gasteiger charge is -2.07. The van der Waals surface area contributed by atoms with Crippen molar-refractivity contribution in [2.45, 2.75) is 13.0 Å². The van der Waals surface area contributed by atoms with Crippen molar-refractivity contribution < 1.29 is 4.92 Å². The predicted octanol–water partition coefficient (Wildman–Crippen LogP) is 1.63. The molecule has 0 aliphatic heterocycles. The number of nitro benzene ring substituents is 1. The third kappa shape index (κ3) is 2.77. The van der Waals surface area contributed by atoms with E-state index in [1.807, 2.05) is 0 Å². The van der Waals surface area contributed by atoms with E-state index in [2.05, 4.69) is 4.98 Å². The molecule has 0 bridgehead atoms. The maximum Gasteiger partial charge on any atom is 0.278 e. The van der Waals surface area contributed by atoms with Crippen LogP contribution in [0.1, 0.15) is 5.56 Å². The molecule has 7 nitrogen and oxygen atoms in total. The lowest BCUT2D eigenvalue weighted by atomic mass is 10.1. The van der Waals surface area contributed by atoms with Crippen LogP contribution < -0.4 is 11.3 Å². The van der Waals surface area contributed by atoms with Crippen molar-refractivity contribution >= 4 is 23.0 Å². The number of para-hydroxylation sites is 1. The summed E-state index contributed by atoms with van der Waals surface area (Å²) in [4.78, 5) is 26.0. The number of nitrogens with zero attached hydrogens (tertiary/aromatic N) is 3. The summed E-state index contributed by atoms with van der Waals surface area (Å²) in [5.74, 6) is 0. The van der Waals surface area contributed by atoms with Crippen molar-refractivity contribution in [1.29, 1.82) is 0 Å². The number of benzene rings is 1. The van der Waals surface area contributed by atoms with Crippen LogP contribution in [0.3, 0.4) is 0 Å². The molecule has 0 aliphatic rings. The fourth-order valence-electron chi connectivity index (χ4n) is 1.79. The lowest BCUT2D eigenvalue weighted by Crippen LogP contribution is -2.24. The van der Waals surface area contributed by atoms with Crippen LogP contribution in [0.4, 0.5) is 11.4 Å². The summed E-state index contributed by atoms with van der Waals surface area (Å²) in [6.07, 6.45) is 1.59. The second-order valence-electron chi connectivity index (χ2n) is 4.08. The monoisotopic (exact) mass is 294 g/mol. The predicted molar refractivity (Wildman–Crippen MR) is 74.7 cm³/mol. The van der Waals surface area contributed by atoms with Crippen LogP contribution >= 0.6 is 11.6 Å². The van der Waals surface area contributed by atoms with Gasteiger partial charge in [0.1, 0.15) is 5.69 Å². The largest absolute Gasteiger partial charge is 0.392 e.